The molecule has 0 amide bonds. The van der Waals surface area contributed by atoms with Crippen LogP contribution in [0.3, 0.4) is 0 Å². The Morgan fingerprint density at radius 3 is 0.306 bits per heavy atom. The molecule has 0 aliphatic carbocycles. The van der Waals surface area contributed by atoms with Gasteiger partial charge in [0.05, 0.1) is 0 Å². The first-order valence-electron chi connectivity index (χ1n) is 7.35. The second-order valence-corrected chi connectivity index (χ2v) is 4.71. The van der Waals surface area contributed by atoms with Crippen LogP contribution in [-0.4, -0.2) is 89.3 Å². The van der Waals surface area contributed by atoms with Crippen LogP contribution < -0.4 is 30.6 Å². The van der Waals surface area contributed by atoms with Crippen molar-refractivity contribution in [3.8, 4) is 0 Å². The number of carbonyl (C=O) groups excluding carboxylic acids is 6. The van der Waals surface area contributed by atoms with E-state index in [0.29, 0.717) is 0 Å². The van der Waals surface area contributed by atoms with Crippen LogP contribution >= 0.6 is 0 Å². The fraction of sp³-hybridized carbons (Fsp3) is 0.500. The first-order valence-corrected chi connectivity index (χ1v) is 7.35. The van der Waals surface area contributed by atoms with Crippen molar-refractivity contribution in [2.24, 2.45) is 0 Å². The average molecular weight is 916 g/mol. The number of carboxylic acids is 6. The van der Waals surface area contributed by atoms with Crippen molar-refractivity contribution in [2.75, 3.05) is 0 Å². The Kier molecular flexibility index (Phi) is 58.4. The predicted octanol–water partition coefficient (Wildman–Crippen LogP) is -6.81. The molecule has 49 heavy (non-hydrogen) atoms. The van der Waals surface area contributed by atoms with E-state index in [-0.39, 0.29) is 73.1 Å². The van der Waals surface area contributed by atoms with E-state index >= 15 is 0 Å². The molecule has 0 bridgehead atoms. The number of halogens is 18. The minimum atomic E-state index is -5.19. The van der Waals surface area contributed by atoms with Gasteiger partial charge in [-0.05, 0) is 0 Å². The molecule has 0 saturated heterocycles. The normalized spacial score (nSPS) is 9.67. The molecule has 0 spiro atoms. The van der Waals surface area contributed by atoms with Gasteiger partial charge in [-0.25, -0.2) is 0 Å². The third-order valence-electron chi connectivity index (χ3n) is 1.39. The third-order valence-corrected chi connectivity index (χ3v) is 1.39. The third kappa shape index (κ3) is 76.4. The average Bonchev–Trinajstić information content (AvgIpc) is 2.65. The van der Waals surface area contributed by atoms with Crippen LogP contribution in [0.2, 0.25) is 0 Å². The molecule has 0 atom stereocenters. The van der Waals surface area contributed by atoms with Gasteiger partial charge in [0.15, 0.2) is 0 Å². The van der Waals surface area contributed by atoms with Gasteiger partial charge >= 0.3 is 88.3 Å². The van der Waals surface area contributed by atoms with E-state index in [1.54, 1.807) is 0 Å². The van der Waals surface area contributed by atoms with Gasteiger partial charge in [0, 0.05) is 0 Å². The van der Waals surface area contributed by atoms with Gasteiger partial charge in [0.2, 0.25) is 0 Å². The fourth-order valence-corrected chi connectivity index (χ4v) is 0. The molecular weight excluding hydrogens is 910 g/mol. The molecule has 0 heterocycles. The largest absolute Gasteiger partial charge is 3.00 e. The maximum Gasteiger partial charge on any atom is 3.00 e. The summed E-state index contributed by atoms with van der Waals surface area (Å²) in [5.41, 5.74) is 0. The van der Waals surface area contributed by atoms with Crippen LogP contribution in [0, 0.1) is 0 Å². The molecule has 300 valence electrons. The SMILES string of the molecule is O.O.O.O=C([O-])C(F)(F)F.O=C([O-])C(F)(F)F.O=C([O-])C(F)(F)F.O=C([O-])C(F)(F)F.O=C([O-])C(F)(F)F.O=C([O-])C(F)(F)F.[Fe+2].[Fe+3].[Fe+3].[O-2]. The van der Waals surface area contributed by atoms with Crippen molar-refractivity contribution >= 4 is 35.8 Å². The molecule has 0 rings (SSSR count). The maximum atomic E-state index is 10.5. The molecule has 0 aliphatic rings. The zero-order chi connectivity index (χ0) is 36.5. The van der Waals surface area contributed by atoms with Crippen LogP contribution in [0.15, 0.2) is 0 Å². The monoisotopic (exact) mass is 916 g/mol. The number of hydrogen-bond donors (Lipinski definition) is 0. The van der Waals surface area contributed by atoms with Crippen molar-refractivity contribution in [1.82, 2.24) is 0 Å². The maximum absolute atomic E-state index is 10.5. The molecule has 37 heteroatoms. The van der Waals surface area contributed by atoms with Crippen molar-refractivity contribution in [3.63, 3.8) is 0 Å². The van der Waals surface area contributed by atoms with E-state index in [9.17, 15) is 79.0 Å². The van der Waals surface area contributed by atoms with Crippen molar-refractivity contribution in [2.45, 2.75) is 37.1 Å². The van der Waals surface area contributed by atoms with Crippen molar-refractivity contribution in [3.05, 3.63) is 0 Å². The summed E-state index contributed by atoms with van der Waals surface area (Å²) in [6.45, 7) is 0. The summed E-state index contributed by atoms with van der Waals surface area (Å²) in [4.78, 5) is 52.7. The Balaban J connectivity index is -0.0000000281. The molecule has 0 unspecified atom stereocenters. The van der Waals surface area contributed by atoms with Gasteiger partial charge < -0.3 is 81.3 Å². The fourth-order valence-electron chi connectivity index (χ4n) is 0. The van der Waals surface area contributed by atoms with E-state index in [4.69, 9.17) is 59.4 Å². The second-order valence-electron chi connectivity index (χ2n) is 4.71. The molecular formula is C12H6F18Fe3O16. The molecule has 0 aromatic carbocycles. The van der Waals surface area contributed by atoms with Crippen LogP contribution in [0.5, 0.6) is 0 Å². The minimum absolute atomic E-state index is 0. The van der Waals surface area contributed by atoms with Crippen LogP contribution in [0.25, 0.3) is 0 Å². The Hall–Kier alpha value is -3.04. The quantitative estimate of drug-likeness (QED) is 0.162. The van der Waals surface area contributed by atoms with E-state index in [1.807, 2.05) is 0 Å². The molecule has 16 nitrogen and oxygen atoms in total. The Morgan fingerprint density at radius 1 is 0.286 bits per heavy atom. The van der Waals surface area contributed by atoms with E-state index in [0.717, 1.165) is 0 Å². The summed E-state index contributed by atoms with van der Waals surface area (Å²) in [5, 5.41) is 52.7. The van der Waals surface area contributed by atoms with Crippen molar-refractivity contribution in [1.29, 1.82) is 0 Å². The summed E-state index contributed by atoms with van der Waals surface area (Å²) in [7, 11) is 0. The first kappa shape index (κ1) is 85.5. The van der Waals surface area contributed by atoms with Crippen LogP contribution in [0.1, 0.15) is 0 Å². The topological polar surface area (TPSA) is 364 Å². The second kappa shape index (κ2) is 33.5. The number of rotatable bonds is 0. The number of carbonyl (C=O) groups is 6. The summed E-state index contributed by atoms with van der Waals surface area (Å²) < 4.78 is 189. The van der Waals surface area contributed by atoms with E-state index in [2.05, 4.69) is 0 Å². The number of alkyl halides is 18. The van der Waals surface area contributed by atoms with Crippen LogP contribution in [-0.2, 0) is 85.4 Å². The molecule has 0 aromatic rings. The van der Waals surface area contributed by atoms with E-state index in [1.165, 1.54) is 0 Å². The zero-order valence-corrected chi connectivity index (χ0v) is 24.0. The van der Waals surface area contributed by atoms with Gasteiger partial charge in [-0.2, -0.15) is 79.0 Å². The van der Waals surface area contributed by atoms with E-state index < -0.39 is 72.9 Å². The number of hydrogen-bond acceptors (Lipinski definition) is 12. The standard InChI is InChI=1S/6C2HF3O2.3Fe.3H2O.O/c6*3-2(4,5)1(6)7;;;;;;;/h6*(H,6,7);;;;3*1H2;/q;;;;;;+2;2*+3;;;;-2/p-6. The molecule has 6 N–H and O–H groups in total. The predicted molar refractivity (Wildman–Crippen MR) is 77.9 cm³/mol. The molecule has 0 saturated carbocycles. The summed E-state index contributed by atoms with van der Waals surface area (Å²) in [6.07, 6.45) is -31.2. The summed E-state index contributed by atoms with van der Waals surface area (Å²) >= 11 is 0. The smallest absolute Gasteiger partial charge is 2.00 e. The summed E-state index contributed by atoms with van der Waals surface area (Å²) in [5.74, 6) is -18.0. The molecule has 0 aromatic heterocycles. The van der Waals surface area contributed by atoms with Gasteiger partial charge in [0.25, 0.3) is 0 Å². The Labute approximate surface area is 284 Å². The zero-order valence-electron chi connectivity index (χ0n) is 20.7. The minimum Gasteiger partial charge on any atom is -2.00 e. The number of carboxylic acid groups (broad SMARTS) is 6. The Morgan fingerprint density at radius 2 is 0.306 bits per heavy atom. The van der Waals surface area contributed by atoms with Gasteiger partial charge in [-0.1, -0.05) is 0 Å². The molecule has 2 radical (unpaired) electrons. The van der Waals surface area contributed by atoms with Gasteiger partial charge in [0.1, 0.15) is 35.8 Å². The van der Waals surface area contributed by atoms with Gasteiger partial charge in [-0.3, -0.25) is 0 Å². The first-order chi connectivity index (χ1) is 17.7. The van der Waals surface area contributed by atoms with Crippen LogP contribution in [0.4, 0.5) is 79.0 Å². The number of aliphatic carboxylic acids is 6. The summed E-state index contributed by atoms with van der Waals surface area (Å²) in [6, 6.07) is 0. The molecule has 0 fully saturated rings. The van der Waals surface area contributed by atoms with Gasteiger partial charge in [-0.15, -0.1) is 0 Å². The molecule has 0 aliphatic heterocycles. The van der Waals surface area contributed by atoms with Crippen molar-refractivity contribution < 1.29 is 212 Å². The Bertz CT molecular complexity index is 710.